The number of benzene rings is 2. The van der Waals surface area contributed by atoms with Crippen LogP contribution in [0.15, 0.2) is 42.5 Å². The lowest BCUT2D eigenvalue weighted by atomic mass is 10.1. The molecule has 2 aromatic carbocycles. The van der Waals surface area contributed by atoms with Crippen molar-refractivity contribution in [3.63, 3.8) is 0 Å². The summed E-state index contributed by atoms with van der Waals surface area (Å²) in [5, 5.41) is 3.60. The van der Waals surface area contributed by atoms with Gasteiger partial charge in [-0.25, -0.2) is 0 Å². The SMILES string of the molecule is CCCCCCCOc1ccc(CNc2c(C)cccc2CC)cc1. The van der Waals surface area contributed by atoms with Crippen LogP contribution in [-0.2, 0) is 13.0 Å². The zero-order chi connectivity index (χ0) is 17.9. The lowest BCUT2D eigenvalue weighted by Gasteiger charge is -2.14. The molecule has 0 radical (unpaired) electrons. The molecule has 0 amide bonds. The van der Waals surface area contributed by atoms with Crippen LogP contribution in [0, 0.1) is 6.92 Å². The van der Waals surface area contributed by atoms with Crippen LogP contribution in [0.3, 0.4) is 0 Å². The van der Waals surface area contributed by atoms with Crippen molar-refractivity contribution in [2.75, 3.05) is 11.9 Å². The van der Waals surface area contributed by atoms with E-state index < -0.39 is 0 Å². The topological polar surface area (TPSA) is 21.3 Å². The average Bonchev–Trinajstić information content (AvgIpc) is 2.64. The Morgan fingerprint density at radius 2 is 1.64 bits per heavy atom. The lowest BCUT2D eigenvalue weighted by Crippen LogP contribution is -2.04. The summed E-state index contributed by atoms with van der Waals surface area (Å²) in [6.45, 7) is 8.28. The third-order valence-electron chi connectivity index (χ3n) is 4.65. The van der Waals surface area contributed by atoms with Gasteiger partial charge in [-0.1, -0.05) is 69.9 Å². The first-order valence-electron chi connectivity index (χ1n) is 9.78. The standard InChI is InChI=1S/C23H33NO/c1-4-6-7-8-9-17-25-22-15-13-20(14-16-22)18-24-23-19(3)11-10-12-21(23)5-2/h10-16,24H,4-9,17-18H2,1-3H3. The summed E-state index contributed by atoms with van der Waals surface area (Å²) in [6, 6.07) is 15.0. The number of hydrogen-bond donors (Lipinski definition) is 1. The molecule has 2 rings (SSSR count). The molecule has 0 bridgehead atoms. The zero-order valence-corrected chi connectivity index (χ0v) is 16.1. The second-order valence-electron chi connectivity index (χ2n) is 6.72. The van der Waals surface area contributed by atoms with Crippen LogP contribution < -0.4 is 10.1 Å². The van der Waals surface area contributed by atoms with Gasteiger partial charge in [-0.3, -0.25) is 0 Å². The quantitative estimate of drug-likeness (QED) is 0.471. The van der Waals surface area contributed by atoms with Crippen LogP contribution in [0.1, 0.15) is 62.6 Å². The van der Waals surface area contributed by atoms with E-state index in [9.17, 15) is 0 Å². The molecule has 0 atom stereocenters. The van der Waals surface area contributed by atoms with E-state index >= 15 is 0 Å². The maximum Gasteiger partial charge on any atom is 0.119 e. The highest BCUT2D eigenvalue weighted by Crippen LogP contribution is 2.22. The zero-order valence-electron chi connectivity index (χ0n) is 16.1. The molecule has 1 N–H and O–H groups in total. The van der Waals surface area contributed by atoms with Gasteiger partial charge in [0.1, 0.15) is 5.75 Å². The number of rotatable bonds is 11. The molecule has 0 saturated carbocycles. The number of anilines is 1. The summed E-state index contributed by atoms with van der Waals surface area (Å²) >= 11 is 0. The Balaban J connectivity index is 1.79. The molecule has 0 aromatic heterocycles. The average molecular weight is 340 g/mol. The Kier molecular flexibility index (Phi) is 8.38. The first kappa shape index (κ1) is 19.4. The van der Waals surface area contributed by atoms with E-state index in [0.29, 0.717) is 0 Å². The van der Waals surface area contributed by atoms with Gasteiger partial charge in [0.15, 0.2) is 0 Å². The molecule has 2 heteroatoms. The second-order valence-corrected chi connectivity index (χ2v) is 6.72. The van der Waals surface area contributed by atoms with E-state index in [2.05, 4.69) is 68.6 Å². The van der Waals surface area contributed by atoms with Crippen molar-refractivity contribution in [3.8, 4) is 5.75 Å². The molecule has 0 heterocycles. The molecule has 25 heavy (non-hydrogen) atoms. The smallest absolute Gasteiger partial charge is 0.119 e. The Morgan fingerprint density at radius 3 is 2.36 bits per heavy atom. The lowest BCUT2D eigenvalue weighted by molar-refractivity contribution is 0.304. The van der Waals surface area contributed by atoms with E-state index in [1.807, 2.05) is 0 Å². The fourth-order valence-electron chi connectivity index (χ4n) is 3.07. The van der Waals surface area contributed by atoms with E-state index in [0.717, 1.165) is 31.7 Å². The maximum atomic E-state index is 5.84. The molecule has 136 valence electrons. The summed E-state index contributed by atoms with van der Waals surface area (Å²) in [7, 11) is 0. The molecular formula is C23H33NO. The van der Waals surface area contributed by atoms with Crippen molar-refractivity contribution in [1.82, 2.24) is 0 Å². The predicted molar refractivity (Wildman–Crippen MR) is 109 cm³/mol. The Bertz CT molecular complexity index is 618. The van der Waals surface area contributed by atoms with E-state index in [4.69, 9.17) is 4.74 Å². The molecule has 0 aliphatic rings. The highest BCUT2D eigenvalue weighted by Gasteiger charge is 2.04. The molecule has 0 unspecified atom stereocenters. The van der Waals surface area contributed by atoms with Crippen LogP contribution in [0.2, 0.25) is 0 Å². The molecule has 2 nitrogen and oxygen atoms in total. The summed E-state index contributed by atoms with van der Waals surface area (Å²) in [4.78, 5) is 0. The van der Waals surface area contributed by atoms with E-state index in [1.165, 1.54) is 48.1 Å². The number of nitrogens with one attached hydrogen (secondary N) is 1. The van der Waals surface area contributed by atoms with Gasteiger partial charge in [0, 0.05) is 12.2 Å². The molecule has 0 fully saturated rings. The minimum atomic E-state index is 0.824. The van der Waals surface area contributed by atoms with Gasteiger partial charge in [0.25, 0.3) is 0 Å². The fraction of sp³-hybridized carbons (Fsp3) is 0.478. The summed E-state index contributed by atoms with van der Waals surface area (Å²) in [5.74, 6) is 0.976. The van der Waals surface area contributed by atoms with Crippen molar-refractivity contribution < 1.29 is 4.74 Å². The van der Waals surface area contributed by atoms with Crippen molar-refractivity contribution in [2.45, 2.75) is 65.8 Å². The molecule has 2 aromatic rings. The van der Waals surface area contributed by atoms with Gasteiger partial charge in [0.05, 0.1) is 6.61 Å². The van der Waals surface area contributed by atoms with E-state index in [-0.39, 0.29) is 0 Å². The number of ether oxygens (including phenoxy) is 1. The van der Waals surface area contributed by atoms with Gasteiger partial charge in [-0.15, -0.1) is 0 Å². The van der Waals surface area contributed by atoms with Crippen LogP contribution in [0.5, 0.6) is 5.75 Å². The molecule has 0 spiro atoms. The molecule has 0 aliphatic heterocycles. The Hall–Kier alpha value is -1.96. The minimum Gasteiger partial charge on any atom is -0.494 e. The summed E-state index contributed by atoms with van der Waals surface area (Å²) in [5.41, 5.74) is 5.24. The van der Waals surface area contributed by atoms with E-state index in [1.54, 1.807) is 0 Å². The van der Waals surface area contributed by atoms with Crippen molar-refractivity contribution in [1.29, 1.82) is 0 Å². The van der Waals surface area contributed by atoms with Gasteiger partial charge < -0.3 is 10.1 Å². The first-order chi connectivity index (χ1) is 12.2. The van der Waals surface area contributed by atoms with Gasteiger partial charge in [-0.05, 0) is 48.6 Å². The summed E-state index contributed by atoms with van der Waals surface area (Å²) in [6.07, 6.45) is 7.42. The highest BCUT2D eigenvalue weighted by atomic mass is 16.5. The maximum absolute atomic E-state index is 5.84. The number of aryl methyl sites for hydroxylation is 2. The minimum absolute atomic E-state index is 0.824. The van der Waals surface area contributed by atoms with Crippen LogP contribution in [0.4, 0.5) is 5.69 Å². The largest absolute Gasteiger partial charge is 0.494 e. The van der Waals surface area contributed by atoms with Crippen molar-refractivity contribution >= 4 is 5.69 Å². The van der Waals surface area contributed by atoms with Gasteiger partial charge >= 0.3 is 0 Å². The van der Waals surface area contributed by atoms with Crippen molar-refractivity contribution in [3.05, 3.63) is 59.2 Å². The van der Waals surface area contributed by atoms with Gasteiger partial charge in [0.2, 0.25) is 0 Å². The highest BCUT2D eigenvalue weighted by molar-refractivity contribution is 5.57. The first-order valence-corrected chi connectivity index (χ1v) is 9.78. The third-order valence-corrected chi connectivity index (χ3v) is 4.65. The predicted octanol–water partition coefficient (Wildman–Crippen LogP) is 6.52. The molecular weight excluding hydrogens is 306 g/mol. The van der Waals surface area contributed by atoms with Crippen LogP contribution >= 0.6 is 0 Å². The fourth-order valence-corrected chi connectivity index (χ4v) is 3.07. The van der Waals surface area contributed by atoms with Gasteiger partial charge in [-0.2, -0.15) is 0 Å². The number of hydrogen-bond acceptors (Lipinski definition) is 2. The summed E-state index contributed by atoms with van der Waals surface area (Å²) < 4.78 is 5.84. The molecule has 0 aliphatic carbocycles. The Labute approximate surface area is 153 Å². The number of para-hydroxylation sites is 1. The third kappa shape index (κ3) is 6.45. The van der Waals surface area contributed by atoms with Crippen molar-refractivity contribution in [2.24, 2.45) is 0 Å². The second kappa shape index (κ2) is 10.8. The monoisotopic (exact) mass is 339 g/mol. The number of unbranched alkanes of at least 4 members (excludes halogenated alkanes) is 4. The Morgan fingerprint density at radius 1 is 0.880 bits per heavy atom. The van der Waals surface area contributed by atoms with Crippen LogP contribution in [-0.4, -0.2) is 6.61 Å². The molecule has 0 saturated heterocycles. The van der Waals surface area contributed by atoms with Crippen LogP contribution in [0.25, 0.3) is 0 Å². The normalized spacial score (nSPS) is 10.7.